The summed E-state index contributed by atoms with van der Waals surface area (Å²) >= 11 is 0. The molecule has 332 valence electrons. The second-order valence-electron chi connectivity index (χ2n) is 16.6. The molecule has 0 fully saturated rings. The van der Waals surface area contributed by atoms with E-state index in [1.165, 1.54) is 101 Å². The minimum atomic E-state index is -0.926. The summed E-state index contributed by atoms with van der Waals surface area (Å²) in [5.74, 6) is -1.85. The largest absolute Gasteiger partial charge is 2.00 e. The predicted molar refractivity (Wildman–Crippen MR) is 238 cm³/mol. The molecule has 59 heavy (non-hydrogen) atoms. The SMILES string of the molecule is CC(O)CC(CCCCCCCCCCCCCC(=O)[O-])OCc1ccccc1.CC(O)CC(CCCCCCCCCCCCCC(=O)[O-])OCc1ccccc1.[Ba+2]. The molecule has 2 aromatic rings. The number of carbonyl (C=O) groups is 2. The van der Waals surface area contributed by atoms with Crippen molar-refractivity contribution in [2.75, 3.05) is 0 Å². The first kappa shape index (κ1) is 57.8. The first-order chi connectivity index (χ1) is 28.2. The average Bonchev–Trinajstić information content (AvgIpc) is 3.19. The minimum absolute atomic E-state index is 0. The van der Waals surface area contributed by atoms with E-state index in [0.29, 0.717) is 26.1 Å². The van der Waals surface area contributed by atoms with E-state index in [0.717, 1.165) is 64.2 Å². The van der Waals surface area contributed by atoms with Crippen LogP contribution >= 0.6 is 0 Å². The van der Waals surface area contributed by atoms with Crippen LogP contribution in [-0.4, -0.2) is 95.4 Å². The number of aliphatic carboxylic acids is 2. The van der Waals surface area contributed by atoms with Crippen molar-refractivity contribution in [3.8, 4) is 0 Å². The minimum Gasteiger partial charge on any atom is -0.550 e. The molecule has 2 aromatic carbocycles. The fraction of sp³-hybridized carbons (Fsp3) is 0.720. The number of hydrogen-bond acceptors (Lipinski definition) is 8. The quantitative estimate of drug-likeness (QED) is 0.0501. The van der Waals surface area contributed by atoms with Gasteiger partial charge in [0.25, 0.3) is 0 Å². The van der Waals surface area contributed by atoms with Gasteiger partial charge in [-0.2, -0.15) is 0 Å². The Morgan fingerprint density at radius 2 is 0.712 bits per heavy atom. The summed E-state index contributed by atoms with van der Waals surface area (Å²) in [5.41, 5.74) is 2.36. The van der Waals surface area contributed by atoms with Crippen LogP contribution in [0.1, 0.15) is 205 Å². The Morgan fingerprint density at radius 3 is 0.966 bits per heavy atom. The molecule has 0 aliphatic heterocycles. The zero-order valence-electron chi connectivity index (χ0n) is 37.3. The molecular weight excluding hydrogens is 866 g/mol. The molecule has 8 nitrogen and oxygen atoms in total. The molecule has 0 amide bonds. The monoisotopic (exact) mass is 949 g/mol. The molecule has 2 rings (SSSR count). The molecule has 0 aliphatic rings. The second kappa shape index (κ2) is 42.1. The Hall–Kier alpha value is -1.21. The molecule has 0 aliphatic carbocycles. The van der Waals surface area contributed by atoms with E-state index in [9.17, 15) is 30.0 Å². The Morgan fingerprint density at radius 1 is 0.458 bits per heavy atom. The summed E-state index contributed by atoms with van der Waals surface area (Å²) in [5, 5.41) is 40.1. The van der Waals surface area contributed by atoms with Crippen LogP contribution in [-0.2, 0) is 32.3 Å². The molecule has 4 unspecified atom stereocenters. The van der Waals surface area contributed by atoms with Crippen LogP contribution in [0.15, 0.2) is 60.7 Å². The smallest absolute Gasteiger partial charge is 0.550 e. The molecule has 9 heteroatoms. The van der Waals surface area contributed by atoms with Gasteiger partial charge in [-0.1, -0.05) is 189 Å². The first-order valence-corrected chi connectivity index (χ1v) is 23.2. The zero-order chi connectivity index (χ0) is 42.3. The Kier molecular flexibility index (Phi) is 41.2. The van der Waals surface area contributed by atoms with E-state index in [2.05, 4.69) is 24.3 Å². The topological polar surface area (TPSA) is 139 Å². The molecule has 0 aromatic heterocycles. The van der Waals surface area contributed by atoms with Crippen LogP contribution in [0.5, 0.6) is 0 Å². The number of carboxylic acids is 2. The number of carbonyl (C=O) groups excluding carboxylic acids is 2. The van der Waals surface area contributed by atoms with Crippen LogP contribution in [0, 0.1) is 0 Å². The molecule has 2 N–H and O–H groups in total. The summed E-state index contributed by atoms with van der Waals surface area (Å²) in [6.45, 7) is 4.90. The zero-order valence-corrected chi connectivity index (χ0v) is 41.8. The van der Waals surface area contributed by atoms with Crippen molar-refractivity contribution in [3.05, 3.63) is 71.8 Å². The summed E-state index contributed by atoms with van der Waals surface area (Å²) in [6, 6.07) is 20.4. The maximum Gasteiger partial charge on any atom is 2.00 e. The standard InChI is InChI=1S/2C25H42O4.Ba/c2*1-22(26)20-24(29-21-23-16-12-11-13-17-23)18-14-9-7-5-3-2-4-6-8-10-15-19-25(27)28;/h2*11-13,16-17,22,24,26H,2-10,14-15,18-21H2,1H3,(H,27,28);/q;;+2/p-2. The number of unbranched alkanes of at least 4 members (excludes halogenated alkanes) is 20. The number of ether oxygens (including phenoxy) is 2. The van der Waals surface area contributed by atoms with Gasteiger partial charge in [-0.25, -0.2) is 0 Å². The van der Waals surface area contributed by atoms with E-state index in [4.69, 9.17) is 9.47 Å². The number of aliphatic hydroxyl groups excluding tert-OH is 2. The van der Waals surface area contributed by atoms with Gasteiger partial charge in [0.05, 0.1) is 37.6 Å². The normalized spacial score (nSPS) is 13.1. The van der Waals surface area contributed by atoms with Gasteiger partial charge in [0.1, 0.15) is 0 Å². The van der Waals surface area contributed by atoms with Gasteiger partial charge < -0.3 is 39.5 Å². The van der Waals surface area contributed by atoms with Crippen LogP contribution in [0.2, 0.25) is 0 Å². The van der Waals surface area contributed by atoms with Gasteiger partial charge >= 0.3 is 48.9 Å². The first-order valence-electron chi connectivity index (χ1n) is 23.2. The summed E-state index contributed by atoms with van der Waals surface area (Å²) in [6.07, 6.45) is 29.3. The van der Waals surface area contributed by atoms with Crippen LogP contribution in [0.3, 0.4) is 0 Å². The van der Waals surface area contributed by atoms with E-state index >= 15 is 0 Å². The molecule has 0 radical (unpaired) electrons. The van der Waals surface area contributed by atoms with Crippen molar-refractivity contribution in [2.24, 2.45) is 0 Å². The van der Waals surface area contributed by atoms with Gasteiger partial charge in [-0.15, -0.1) is 0 Å². The van der Waals surface area contributed by atoms with E-state index in [1.54, 1.807) is 0 Å². The van der Waals surface area contributed by atoms with Crippen molar-refractivity contribution in [1.82, 2.24) is 0 Å². The molecule has 0 heterocycles. The van der Waals surface area contributed by atoms with Crippen molar-refractivity contribution in [2.45, 2.75) is 231 Å². The number of rotatable bonds is 38. The van der Waals surface area contributed by atoms with Crippen LogP contribution < -0.4 is 10.2 Å². The predicted octanol–water partition coefficient (Wildman–Crippen LogP) is 9.95. The molecular formula is C50H82BaO8. The van der Waals surface area contributed by atoms with Gasteiger partial charge in [-0.05, 0) is 76.3 Å². The Bertz CT molecular complexity index is 1100. The van der Waals surface area contributed by atoms with Gasteiger partial charge in [0.2, 0.25) is 0 Å². The van der Waals surface area contributed by atoms with Gasteiger partial charge in [-0.3, -0.25) is 0 Å². The summed E-state index contributed by atoms with van der Waals surface area (Å²) in [4.78, 5) is 20.7. The number of benzene rings is 2. The van der Waals surface area contributed by atoms with Crippen molar-refractivity contribution >= 4 is 60.8 Å². The summed E-state index contributed by atoms with van der Waals surface area (Å²) in [7, 11) is 0. The number of hydrogen-bond donors (Lipinski definition) is 2. The molecule has 0 saturated heterocycles. The Balaban J connectivity index is 0.00000112. The average molecular weight is 949 g/mol. The molecule has 4 atom stereocenters. The van der Waals surface area contributed by atoms with Gasteiger partial charge in [0, 0.05) is 11.9 Å². The van der Waals surface area contributed by atoms with Crippen LogP contribution in [0.25, 0.3) is 0 Å². The maximum absolute atomic E-state index is 10.3. The van der Waals surface area contributed by atoms with E-state index in [-0.39, 0.29) is 86.1 Å². The Labute approximate surface area is 400 Å². The molecule has 0 saturated carbocycles. The van der Waals surface area contributed by atoms with E-state index < -0.39 is 11.9 Å². The van der Waals surface area contributed by atoms with Crippen molar-refractivity contribution in [1.29, 1.82) is 0 Å². The number of aliphatic hydroxyl groups is 2. The fourth-order valence-electron chi connectivity index (χ4n) is 7.34. The van der Waals surface area contributed by atoms with Crippen molar-refractivity contribution < 1.29 is 39.5 Å². The fourth-order valence-corrected chi connectivity index (χ4v) is 7.34. The molecule has 0 spiro atoms. The third-order valence-electron chi connectivity index (χ3n) is 10.7. The van der Waals surface area contributed by atoms with Gasteiger partial charge in [0.15, 0.2) is 0 Å². The summed E-state index contributed by atoms with van der Waals surface area (Å²) < 4.78 is 12.1. The van der Waals surface area contributed by atoms with E-state index in [1.807, 2.05) is 50.2 Å². The molecule has 0 bridgehead atoms. The third-order valence-corrected chi connectivity index (χ3v) is 10.7. The number of carboxylic acid groups (broad SMARTS) is 2. The van der Waals surface area contributed by atoms with Crippen molar-refractivity contribution in [3.63, 3.8) is 0 Å². The maximum atomic E-state index is 10.3. The van der Waals surface area contributed by atoms with Crippen LogP contribution in [0.4, 0.5) is 0 Å². The third kappa shape index (κ3) is 40.6. The second-order valence-corrected chi connectivity index (χ2v) is 16.6.